The van der Waals surface area contributed by atoms with Gasteiger partial charge in [0.2, 0.25) is 0 Å². The number of hydrogen-bond donors (Lipinski definition) is 2. The van der Waals surface area contributed by atoms with Gasteiger partial charge in [-0.2, -0.15) is 5.10 Å². The number of thiophene rings is 1. The number of piperazine rings is 1. The number of morpholine rings is 1. The average Bonchev–Trinajstić information content (AvgIpc) is 3.70. The monoisotopic (exact) mass is 515 g/mol. The zero-order valence-corrected chi connectivity index (χ0v) is 21.4. The van der Waals surface area contributed by atoms with Gasteiger partial charge in [-0.1, -0.05) is 12.1 Å². The van der Waals surface area contributed by atoms with Crippen molar-refractivity contribution in [3.05, 3.63) is 53.6 Å². The Hall–Kier alpha value is -3.38. The molecule has 190 valence electrons. The van der Waals surface area contributed by atoms with Crippen LogP contribution in [-0.4, -0.2) is 92.4 Å². The number of aromatic amines is 2. The second-order valence-electron chi connectivity index (χ2n) is 9.66. The highest BCUT2D eigenvalue weighted by molar-refractivity contribution is 7.19. The van der Waals surface area contributed by atoms with Crippen LogP contribution in [0.4, 0.5) is 5.82 Å². The van der Waals surface area contributed by atoms with E-state index in [-0.39, 0.29) is 0 Å². The van der Waals surface area contributed by atoms with Crippen molar-refractivity contribution in [3.8, 4) is 11.4 Å². The molecule has 4 aromatic heterocycles. The minimum Gasteiger partial charge on any atom is -0.378 e. The summed E-state index contributed by atoms with van der Waals surface area (Å²) < 4.78 is 6.80. The lowest BCUT2D eigenvalue weighted by Crippen LogP contribution is -2.45. The summed E-state index contributed by atoms with van der Waals surface area (Å²) in [6.45, 7) is 9.22. The first kappa shape index (κ1) is 22.8. The third-order valence-corrected chi connectivity index (χ3v) is 8.34. The molecule has 2 N–H and O–H groups in total. The molecule has 6 heterocycles. The lowest BCUT2D eigenvalue weighted by molar-refractivity contribution is 0.122. The van der Waals surface area contributed by atoms with Crippen molar-refractivity contribution in [1.29, 1.82) is 0 Å². The highest BCUT2D eigenvalue weighted by Gasteiger charge is 2.23. The Labute approximate surface area is 218 Å². The van der Waals surface area contributed by atoms with Crippen LogP contribution in [0.5, 0.6) is 0 Å². The molecule has 1 aromatic carbocycles. The van der Waals surface area contributed by atoms with Gasteiger partial charge in [0.05, 0.1) is 41.5 Å². The summed E-state index contributed by atoms with van der Waals surface area (Å²) in [5.74, 6) is 1.77. The number of benzene rings is 1. The number of fused-ring (bicyclic) bond motifs is 2. The minimum atomic E-state index is 0.721. The van der Waals surface area contributed by atoms with Crippen LogP contribution in [0.1, 0.15) is 10.6 Å². The number of imidazole rings is 1. The first-order valence-corrected chi connectivity index (χ1v) is 13.6. The number of hydrogen-bond acceptors (Lipinski definition) is 9. The minimum absolute atomic E-state index is 0.721. The SMILES string of the molecule is c1cc(-c2nc(N3CCOCC3)c3sc(CN4CCN(Cc5cnc[nH]5)CC4)cc3n2)c2cn[nH]c2c1. The van der Waals surface area contributed by atoms with E-state index in [9.17, 15) is 0 Å². The molecule has 0 saturated carbocycles. The molecule has 2 aliphatic rings. The predicted octanol–water partition coefficient (Wildman–Crippen LogP) is 3.11. The standard InChI is InChI=1S/C26H29N9OS/c1-2-20(21-14-29-32-22(21)3-1)25-30-23-12-19(37-24(23)26(31-25)35-8-10-36-11-9-35)16-34-6-4-33(5-7-34)15-18-13-27-17-28-18/h1-3,12-14,17H,4-11,15-16H2,(H,27,28)(H,29,32). The number of rotatable bonds is 6. The fraction of sp³-hybridized carbons (Fsp3) is 0.385. The maximum atomic E-state index is 5.63. The number of nitrogens with zero attached hydrogens (tertiary/aromatic N) is 7. The normalized spacial score (nSPS) is 17.8. The van der Waals surface area contributed by atoms with Gasteiger partial charge in [-0.3, -0.25) is 14.9 Å². The van der Waals surface area contributed by atoms with Gasteiger partial charge >= 0.3 is 0 Å². The van der Waals surface area contributed by atoms with Crippen LogP contribution >= 0.6 is 11.3 Å². The molecule has 2 aliphatic heterocycles. The van der Waals surface area contributed by atoms with Crippen molar-refractivity contribution in [1.82, 2.24) is 39.9 Å². The van der Waals surface area contributed by atoms with Crippen molar-refractivity contribution in [2.24, 2.45) is 0 Å². The Morgan fingerprint density at radius 2 is 1.78 bits per heavy atom. The third kappa shape index (κ3) is 4.59. The van der Waals surface area contributed by atoms with Gasteiger partial charge in [0.15, 0.2) is 11.6 Å². The molecular weight excluding hydrogens is 486 g/mol. The van der Waals surface area contributed by atoms with E-state index in [1.807, 2.05) is 35.9 Å². The molecule has 0 bridgehead atoms. The van der Waals surface area contributed by atoms with Crippen molar-refractivity contribution < 1.29 is 4.74 Å². The van der Waals surface area contributed by atoms with Gasteiger partial charge < -0.3 is 14.6 Å². The maximum Gasteiger partial charge on any atom is 0.162 e. The summed E-state index contributed by atoms with van der Waals surface area (Å²) in [5.41, 5.74) is 4.19. The second kappa shape index (κ2) is 9.82. The Morgan fingerprint density at radius 1 is 0.946 bits per heavy atom. The Morgan fingerprint density at radius 3 is 2.59 bits per heavy atom. The van der Waals surface area contributed by atoms with Gasteiger partial charge in [0.25, 0.3) is 0 Å². The van der Waals surface area contributed by atoms with Crippen LogP contribution in [0.25, 0.3) is 32.5 Å². The van der Waals surface area contributed by atoms with Crippen LogP contribution in [0.15, 0.2) is 43.0 Å². The smallest absolute Gasteiger partial charge is 0.162 e. The molecule has 7 rings (SSSR count). The molecule has 0 unspecified atom stereocenters. The Balaban J connectivity index is 1.17. The molecule has 10 nitrogen and oxygen atoms in total. The molecule has 0 radical (unpaired) electrons. The number of ether oxygens (including phenoxy) is 1. The van der Waals surface area contributed by atoms with Crippen LogP contribution in [-0.2, 0) is 17.8 Å². The lowest BCUT2D eigenvalue weighted by Gasteiger charge is -2.34. The highest BCUT2D eigenvalue weighted by Crippen LogP contribution is 2.36. The topological polar surface area (TPSA) is 102 Å². The summed E-state index contributed by atoms with van der Waals surface area (Å²) in [7, 11) is 0. The molecule has 2 fully saturated rings. The Kier molecular flexibility index (Phi) is 6.05. The largest absolute Gasteiger partial charge is 0.378 e. The summed E-state index contributed by atoms with van der Waals surface area (Å²) in [4.78, 5) is 26.3. The zero-order chi connectivity index (χ0) is 24.6. The summed E-state index contributed by atoms with van der Waals surface area (Å²) in [6, 6.07) is 8.41. The predicted molar refractivity (Wildman–Crippen MR) is 145 cm³/mol. The van der Waals surface area contributed by atoms with Crippen molar-refractivity contribution >= 4 is 38.3 Å². The van der Waals surface area contributed by atoms with E-state index >= 15 is 0 Å². The molecule has 0 amide bonds. The van der Waals surface area contributed by atoms with E-state index in [4.69, 9.17) is 14.7 Å². The lowest BCUT2D eigenvalue weighted by atomic mass is 10.1. The molecule has 37 heavy (non-hydrogen) atoms. The first-order chi connectivity index (χ1) is 18.3. The van der Waals surface area contributed by atoms with Gasteiger partial charge in [0, 0.05) is 80.1 Å². The molecule has 5 aromatic rings. The van der Waals surface area contributed by atoms with Crippen LogP contribution < -0.4 is 4.90 Å². The number of anilines is 1. The quantitative estimate of drug-likeness (QED) is 0.356. The first-order valence-electron chi connectivity index (χ1n) is 12.8. The molecule has 0 atom stereocenters. The molecule has 0 aliphatic carbocycles. The zero-order valence-electron chi connectivity index (χ0n) is 20.6. The van der Waals surface area contributed by atoms with Gasteiger partial charge in [-0.15, -0.1) is 11.3 Å². The molecule has 0 spiro atoms. The number of H-pyrrole nitrogens is 2. The highest BCUT2D eigenvalue weighted by atomic mass is 32.1. The maximum absolute atomic E-state index is 5.63. The Bertz CT molecular complexity index is 1500. The third-order valence-electron chi connectivity index (χ3n) is 7.23. The van der Waals surface area contributed by atoms with E-state index in [1.165, 1.54) is 10.6 Å². The fourth-order valence-electron chi connectivity index (χ4n) is 5.25. The molecule has 2 saturated heterocycles. The van der Waals surface area contributed by atoms with E-state index in [1.54, 1.807) is 6.33 Å². The van der Waals surface area contributed by atoms with Gasteiger partial charge in [-0.05, 0) is 12.1 Å². The fourth-order valence-corrected chi connectivity index (χ4v) is 6.41. The molecular formula is C26H29N9OS. The van der Waals surface area contributed by atoms with E-state index in [0.29, 0.717) is 0 Å². The summed E-state index contributed by atoms with van der Waals surface area (Å²) >= 11 is 1.83. The second-order valence-corrected chi connectivity index (χ2v) is 10.8. The summed E-state index contributed by atoms with van der Waals surface area (Å²) in [5, 5.41) is 8.34. The van der Waals surface area contributed by atoms with Crippen molar-refractivity contribution in [2.45, 2.75) is 13.1 Å². The van der Waals surface area contributed by atoms with Gasteiger partial charge in [-0.25, -0.2) is 15.0 Å². The van der Waals surface area contributed by atoms with Crippen molar-refractivity contribution in [2.75, 3.05) is 57.4 Å². The number of aromatic nitrogens is 6. The van der Waals surface area contributed by atoms with E-state index in [2.05, 4.69) is 47.0 Å². The van der Waals surface area contributed by atoms with E-state index in [0.717, 1.165) is 104 Å². The molecule has 11 heteroatoms. The number of nitrogens with one attached hydrogen (secondary N) is 2. The van der Waals surface area contributed by atoms with Crippen LogP contribution in [0, 0.1) is 0 Å². The van der Waals surface area contributed by atoms with Crippen LogP contribution in [0.3, 0.4) is 0 Å². The van der Waals surface area contributed by atoms with E-state index < -0.39 is 0 Å². The average molecular weight is 516 g/mol. The van der Waals surface area contributed by atoms with Crippen molar-refractivity contribution in [3.63, 3.8) is 0 Å². The van der Waals surface area contributed by atoms with Gasteiger partial charge in [0.1, 0.15) is 0 Å². The summed E-state index contributed by atoms with van der Waals surface area (Å²) in [6.07, 6.45) is 5.53. The van der Waals surface area contributed by atoms with Crippen LogP contribution in [0.2, 0.25) is 0 Å².